The fourth-order valence-electron chi connectivity index (χ4n) is 1.99. The van der Waals surface area contributed by atoms with Crippen molar-refractivity contribution in [3.8, 4) is 0 Å². The van der Waals surface area contributed by atoms with E-state index in [9.17, 15) is 0 Å². The van der Waals surface area contributed by atoms with E-state index in [1.54, 1.807) is 0 Å². The first-order valence-electron chi connectivity index (χ1n) is 5.54. The predicted octanol–water partition coefficient (Wildman–Crippen LogP) is 1.84. The van der Waals surface area contributed by atoms with Crippen LogP contribution in [0.1, 0.15) is 38.8 Å². The maximum Gasteiger partial charge on any atom is 1.00 e. The van der Waals surface area contributed by atoms with Gasteiger partial charge in [0.2, 0.25) is 0 Å². The second-order valence-electron chi connectivity index (χ2n) is 4.15. The van der Waals surface area contributed by atoms with Crippen LogP contribution in [0.15, 0.2) is 30.5 Å². The quantitative estimate of drug-likeness (QED) is 0.691. The van der Waals surface area contributed by atoms with Crippen molar-refractivity contribution in [3.05, 3.63) is 46.9 Å². The van der Waals surface area contributed by atoms with Gasteiger partial charge in [0.15, 0.2) is 0 Å². The normalized spacial score (nSPS) is 15.2. The van der Waals surface area contributed by atoms with Crippen molar-refractivity contribution >= 4 is 5.69 Å². The first-order chi connectivity index (χ1) is 7.03. The Morgan fingerprint density at radius 1 is 1.19 bits per heavy atom. The maximum absolute atomic E-state index is 4.47. The third-order valence-electron chi connectivity index (χ3n) is 2.85. The molecule has 0 atom stereocenters. The van der Waals surface area contributed by atoms with Crippen molar-refractivity contribution in [2.75, 3.05) is 0 Å². The predicted molar refractivity (Wildman–Crippen MR) is 67.7 cm³/mol. The van der Waals surface area contributed by atoms with Gasteiger partial charge in [0.25, 0.3) is 0 Å². The van der Waals surface area contributed by atoms with E-state index in [0.717, 1.165) is 11.4 Å². The average Bonchev–Trinajstić information content (AvgIpc) is 2.42. The molecular formula is C14H20NRb. The van der Waals surface area contributed by atoms with Gasteiger partial charge in [0.05, 0.1) is 0 Å². The molecule has 1 aromatic rings. The first kappa shape index (κ1) is 16.6. The van der Waals surface area contributed by atoms with Gasteiger partial charge in [-0.2, -0.15) is 5.70 Å². The van der Waals surface area contributed by atoms with Crippen LogP contribution in [-0.4, -0.2) is 0 Å². The summed E-state index contributed by atoms with van der Waals surface area (Å²) in [5.41, 5.74) is 4.72. The van der Waals surface area contributed by atoms with E-state index < -0.39 is 0 Å². The molecule has 0 aromatic heterocycles. The fraction of sp³-hybridized carbons (Fsp3) is 0.429. The van der Waals surface area contributed by atoms with Crippen LogP contribution in [0.3, 0.4) is 0 Å². The molecule has 2 rings (SSSR count). The van der Waals surface area contributed by atoms with Crippen molar-refractivity contribution in [2.24, 2.45) is 0 Å². The Balaban J connectivity index is 0.000000711. The average molecular weight is 288 g/mol. The molecule has 0 fully saturated rings. The third kappa shape index (κ3) is 2.87. The van der Waals surface area contributed by atoms with Crippen LogP contribution in [0.4, 0.5) is 5.69 Å². The summed E-state index contributed by atoms with van der Waals surface area (Å²) in [6.45, 7) is 14.5. The third-order valence-corrected chi connectivity index (χ3v) is 2.85. The summed E-state index contributed by atoms with van der Waals surface area (Å²) in [6.07, 6.45) is 0. The van der Waals surface area contributed by atoms with Crippen LogP contribution in [0.2, 0.25) is 0 Å². The monoisotopic (exact) mass is 287 g/mol. The van der Waals surface area contributed by atoms with Crippen molar-refractivity contribution in [1.29, 1.82) is 0 Å². The summed E-state index contributed by atoms with van der Waals surface area (Å²) in [5.74, 6) is 0. The molecule has 1 aliphatic rings. The molecule has 0 N–H and O–H groups in total. The molecule has 16 heavy (non-hydrogen) atoms. The summed E-state index contributed by atoms with van der Waals surface area (Å²) in [7, 11) is 0. The summed E-state index contributed by atoms with van der Waals surface area (Å²) in [4.78, 5) is 0. The van der Waals surface area contributed by atoms with E-state index >= 15 is 0 Å². The zero-order valence-electron chi connectivity index (χ0n) is 11.4. The van der Waals surface area contributed by atoms with Gasteiger partial charge in [0.1, 0.15) is 0 Å². The number of rotatable bonds is 0. The van der Waals surface area contributed by atoms with Gasteiger partial charge in [-0.25, -0.2) is 0 Å². The van der Waals surface area contributed by atoms with E-state index in [1.807, 2.05) is 19.9 Å². The number of aryl methyl sites for hydroxylation is 1. The Bertz CT molecular complexity index is 380. The van der Waals surface area contributed by atoms with Gasteiger partial charge < -0.3 is 5.32 Å². The molecule has 0 amide bonds. The van der Waals surface area contributed by atoms with E-state index in [2.05, 4.69) is 44.8 Å². The van der Waals surface area contributed by atoms with Crippen LogP contribution in [0, 0.1) is 6.92 Å². The molecule has 0 aliphatic carbocycles. The van der Waals surface area contributed by atoms with Crippen molar-refractivity contribution in [1.82, 2.24) is 0 Å². The van der Waals surface area contributed by atoms with E-state index in [1.165, 1.54) is 11.1 Å². The first-order valence-corrected chi connectivity index (χ1v) is 5.54. The standard InChI is InChI=1S/C12H14N.C2H6.Rb/c1-8-6-5-7-10-11(8)12(3,4)9(2)13-10;1-2;/h5-7H,2H2,1,3-4H3;1-2H3;/q-1;;+1. The summed E-state index contributed by atoms with van der Waals surface area (Å²) < 4.78 is 0. The Hall–Kier alpha value is 0.565. The molecule has 82 valence electrons. The summed E-state index contributed by atoms with van der Waals surface area (Å²) in [6, 6.07) is 6.24. The van der Waals surface area contributed by atoms with Crippen molar-refractivity contribution in [2.45, 2.75) is 40.0 Å². The van der Waals surface area contributed by atoms with Gasteiger partial charge >= 0.3 is 58.2 Å². The van der Waals surface area contributed by atoms with Gasteiger partial charge in [-0.1, -0.05) is 51.5 Å². The Kier molecular flexibility index (Phi) is 6.71. The molecule has 1 aromatic carbocycles. The molecular weight excluding hydrogens is 268 g/mol. The summed E-state index contributed by atoms with van der Waals surface area (Å²) >= 11 is 0. The number of nitrogens with zero attached hydrogens (tertiary/aromatic N) is 1. The topological polar surface area (TPSA) is 14.1 Å². The van der Waals surface area contributed by atoms with Gasteiger partial charge in [-0.15, -0.1) is 12.3 Å². The molecule has 2 heteroatoms. The molecule has 1 nitrogen and oxygen atoms in total. The minimum atomic E-state index is 0. The van der Waals surface area contributed by atoms with Crippen molar-refractivity contribution in [3.63, 3.8) is 0 Å². The SMILES string of the molecule is C=C1[N-]c2cccc(C)c2C1(C)C.CC.[Rb+]. The van der Waals surface area contributed by atoms with E-state index in [0.29, 0.717) is 0 Å². The molecule has 0 unspecified atom stereocenters. The van der Waals surface area contributed by atoms with E-state index in [-0.39, 0.29) is 63.6 Å². The molecule has 0 radical (unpaired) electrons. The fourth-order valence-corrected chi connectivity index (χ4v) is 1.99. The zero-order valence-corrected chi connectivity index (χ0v) is 16.3. The number of allylic oxidation sites excluding steroid dienone is 1. The number of hydrogen-bond acceptors (Lipinski definition) is 0. The second-order valence-corrected chi connectivity index (χ2v) is 4.15. The minimum absolute atomic E-state index is 0. The Labute approximate surface area is 149 Å². The zero-order chi connectivity index (χ0) is 11.6. The van der Waals surface area contributed by atoms with Crippen LogP contribution in [0.25, 0.3) is 5.32 Å². The van der Waals surface area contributed by atoms with Gasteiger partial charge in [-0.05, 0) is 17.9 Å². The smallest absolute Gasteiger partial charge is 0.661 e. The van der Waals surface area contributed by atoms with Gasteiger partial charge in [0, 0.05) is 0 Å². The molecule has 0 spiro atoms. The summed E-state index contributed by atoms with van der Waals surface area (Å²) in [5, 5.41) is 4.47. The second kappa shape index (κ2) is 6.48. The van der Waals surface area contributed by atoms with Gasteiger partial charge in [-0.3, -0.25) is 0 Å². The number of fused-ring (bicyclic) bond motifs is 1. The Morgan fingerprint density at radius 3 is 2.25 bits per heavy atom. The number of hydrogen-bond donors (Lipinski definition) is 0. The Morgan fingerprint density at radius 2 is 1.75 bits per heavy atom. The van der Waals surface area contributed by atoms with Crippen molar-refractivity contribution < 1.29 is 58.2 Å². The number of benzene rings is 1. The van der Waals surface area contributed by atoms with E-state index in [4.69, 9.17) is 0 Å². The molecule has 0 bridgehead atoms. The minimum Gasteiger partial charge on any atom is -0.661 e. The molecule has 0 saturated carbocycles. The molecule has 1 heterocycles. The largest absolute Gasteiger partial charge is 1.00 e. The molecule has 1 aliphatic heterocycles. The van der Waals surface area contributed by atoms with Crippen LogP contribution >= 0.6 is 0 Å². The molecule has 0 saturated heterocycles. The maximum atomic E-state index is 4.47. The van der Waals surface area contributed by atoms with Crippen LogP contribution < -0.4 is 58.2 Å². The van der Waals surface area contributed by atoms with Crippen LogP contribution in [0.5, 0.6) is 0 Å². The van der Waals surface area contributed by atoms with Crippen LogP contribution in [-0.2, 0) is 5.41 Å².